The largest absolute Gasteiger partial charge is 0.489 e. The van der Waals surface area contributed by atoms with Crippen LogP contribution in [0.1, 0.15) is 25.3 Å². The Balaban J connectivity index is 1.74. The monoisotopic (exact) mass is 306 g/mol. The van der Waals surface area contributed by atoms with Crippen LogP contribution in [0.4, 0.5) is 4.79 Å². The molecule has 2 rings (SSSR count). The quantitative estimate of drug-likeness (QED) is 0.876. The van der Waals surface area contributed by atoms with Crippen LogP contribution in [0.2, 0.25) is 0 Å². The number of nitrogens with one attached hydrogen (secondary N) is 1. The van der Waals surface area contributed by atoms with Crippen LogP contribution < -0.4 is 10.1 Å². The summed E-state index contributed by atoms with van der Waals surface area (Å²) in [6.07, 6.45) is 1.85. The number of carbonyl (C=O) groups is 1. The summed E-state index contributed by atoms with van der Waals surface area (Å²) >= 11 is 0. The molecule has 1 aromatic rings. The van der Waals surface area contributed by atoms with Gasteiger partial charge in [-0.25, -0.2) is 4.79 Å². The third-order valence-electron chi connectivity index (χ3n) is 3.96. The van der Waals surface area contributed by atoms with Gasteiger partial charge in [-0.15, -0.1) is 0 Å². The van der Waals surface area contributed by atoms with E-state index >= 15 is 0 Å². The predicted molar refractivity (Wildman–Crippen MR) is 86.1 cm³/mol. The van der Waals surface area contributed by atoms with Crippen LogP contribution in [0.15, 0.2) is 24.3 Å². The zero-order valence-electron chi connectivity index (χ0n) is 13.4. The summed E-state index contributed by atoms with van der Waals surface area (Å²) in [4.78, 5) is 13.9. The standard InChI is InChI=1S/C17H26N2O3/c1-13-5-7-16(8-6-13)22-14(2)10-18-17(21)19-9-3-4-15(11-19)12-20/h5-8,14-15,20H,3-4,9-12H2,1-2H3,(H,18,21). The van der Waals surface area contributed by atoms with Crippen molar-refractivity contribution in [1.29, 1.82) is 0 Å². The molecule has 0 bridgehead atoms. The van der Waals surface area contributed by atoms with E-state index in [0.717, 1.165) is 25.1 Å². The fourth-order valence-electron chi connectivity index (χ4n) is 2.63. The summed E-state index contributed by atoms with van der Waals surface area (Å²) in [5, 5.41) is 12.1. The number of urea groups is 1. The first-order chi connectivity index (χ1) is 10.6. The molecule has 5 nitrogen and oxygen atoms in total. The van der Waals surface area contributed by atoms with E-state index in [1.54, 1.807) is 4.90 Å². The smallest absolute Gasteiger partial charge is 0.317 e. The number of carbonyl (C=O) groups excluding carboxylic acids is 1. The number of amides is 2. The molecule has 0 saturated carbocycles. The fourth-order valence-corrected chi connectivity index (χ4v) is 2.63. The van der Waals surface area contributed by atoms with Gasteiger partial charge in [-0.1, -0.05) is 17.7 Å². The molecule has 2 atom stereocenters. The van der Waals surface area contributed by atoms with Crippen molar-refractivity contribution in [3.63, 3.8) is 0 Å². The second-order valence-corrected chi connectivity index (χ2v) is 6.06. The van der Waals surface area contributed by atoms with Gasteiger partial charge in [0.15, 0.2) is 0 Å². The first-order valence-corrected chi connectivity index (χ1v) is 7.95. The molecular weight excluding hydrogens is 280 g/mol. The molecule has 122 valence electrons. The number of benzene rings is 1. The molecule has 2 amide bonds. The Labute approximate surface area is 132 Å². The Morgan fingerprint density at radius 1 is 1.45 bits per heavy atom. The van der Waals surface area contributed by atoms with Crippen molar-refractivity contribution in [3.8, 4) is 5.75 Å². The predicted octanol–water partition coefficient (Wildman–Crippen LogP) is 2.18. The van der Waals surface area contributed by atoms with Crippen LogP contribution in [0.25, 0.3) is 0 Å². The molecular formula is C17H26N2O3. The highest BCUT2D eigenvalue weighted by Crippen LogP contribution is 2.16. The summed E-state index contributed by atoms with van der Waals surface area (Å²) in [6, 6.07) is 7.80. The number of hydrogen-bond acceptors (Lipinski definition) is 3. The van der Waals surface area contributed by atoms with Crippen LogP contribution in [0.3, 0.4) is 0 Å². The summed E-state index contributed by atoms with van der Waals surface area (Å²) < 4.78 is 5.78. The van der Waals surface area contributed by atoms with Gasteiger partial charge in [0.05, 0.1) is 6.54 Å². The lowest BCUT2D eigenvalue weighted by atomic mass is 9.99. The molecule has 1 heterocycles. The van der Waals surface area contributed by atoms with Crippen LogP contribution in [0.5, 0.6) is 5.75 Å². The van der Waals surface area contributed by atoms with Gasteiger partial charge in [0, 0.05) is 19.7 Å². The third kappa shape index (κ3) is 4.91. The van der Waals surface area contributed by atoms with Gasteiger partial charge >= 0.3 is 6.03 Å². The Bertz CT molecular complexity index is 475. The minimum atomic E-state index is -0.0925. The minimum absolute atomic E-state index is 0.0718. The number of ether oxygens (including phenoxy) is 1. The molecule has 5 heteroatoms. The molecule has 0 radical (unpaired) electrons. The van der Waals surface area contributed by atoms with Gasteiger partial charge in [0.2, 0.25) is 0 Å². The van der Waals surface area contributed by atoms with E-state index in [4.69, 9.17) is 4.74 Å². The van der Waals surface area contributed by atoms with Crippen LogP contribution in [-0.2, 0) is 0 Å². The molecule has 1 aliphatic heterocycles. The zero-order valence-corrected chi connectivity index (χ0v) is 13.4. The molecule has 2 N–H and O–H groups in total. The molecule has 0 spiro atoms. The topological polar surface area (TPSA) is 61.8 Å². The van der Waals surface area contributed by atoms with E-state index in [1.165, 1.54) is 5.56 Å². The summed E-state index contributed by atoms with van der Waals surface area (Å²) in [5.74, 6) is 1.02. The zero-order chi connectivity index (χ0) is 15.9. The van der Waals surface area contributed by atoms with Gasteiger partial charge in [0.1, 0.15) is 11.9 Å². The Morgan fingerprint density at radius 2 is 2.18 bits per heavy atom. The maximum atomic E-state index is 12.1. The molecule has 1 aliphatic rings. The van der Waals surface area contributed by atoms with Crippen LogP contribution in [-0.4, -0.2) is 48.4 Å². The SMILES string of the molecule is Cc1ccc(OC(C)CNC(=O)N2CCCC(CO)C2)cc1. The number of aliphatic hydroxyl groups excluding tert-OH is 1. The summed E-state index contributed by atoms with van der Waals surface area (Å²) in [6.45, 7) is 5.98. The molecule has 1 fully saturated rings. The number of piperidine rings is 1. The highest BCUT2D eigenvalue weighted by atomic mass is 16.5. The van der Waals surface area contributed by atoms with Crippen molar-refractivity contribution in [2.24, 2.45) is 5.92 Å². The van der Waals surface area contributed by atoms with Gasteiger partial charge in [0.25, 0.3) is 0 Å². The fraction of sp³-hybridized carbons (Fsp3) is 0.588. The van der Waals surface area contributed by atoms with E-state index in [2.05, 4.69) is 5.32 Å². The van der Waals surface area contributed by atoms with Crippen molar-refractivity contribution in [1.82, 2.24) is 10.2 Å². The molecule has 0 aromatic heterocycles. The lowest BCUT2D eigenvalue weighted by Gasteiger charge is -2.32. The van der Waals surface area contributed by atoms with Crippen molar-refractivity contribution in [3.05, 3.63) is 29.8 Å². The lowest BCUT2D eigenvalue weighted by molar-refractivity contribution is 0.126. The van der Waals surface area contributed by atoms with Gasteiger partial charge in [-0.2, -0.15) is 0 Å². The van der Waals surface area contributed by atoms with E-state index in [9.17, 15) is 9.90 Å². The summed E-state index contributed by atoms with van der Waals surface area (Å²) in [5.41, 5.74) is 1.19. The highest BCUT2D eigenvalue weighted by Gasteiger charge is 2.23. The van der Waals surface area contributed by atoms with Crippen LogP contribution in [0, 0.1) is 12.8 Å². The van der Waals surface area contributed by atoms with E-state index in [1.807, 2.05) is 38.1 Å². The van der Waals surface area contributed by atoms with Crippen molar-refractivity contribution in [2.45, 2.75) is 32.8 Å². The highest BCUT2D eigenvalue weighted by molar-refractivity contribution is 5.74. The number of nitrogens with zero attached hydrogens (tertiary/aromatic N) is 1. The second kappa shape index (κ2) is 8.03. The number of aryl methyl sites for hydroxylation is 1. The Hall–Kier alpha value is -1.75. The number of likely N-dealkylation sites (tertiary alicyclic amines) is 1. The molecule has 1 aromatic carbocycles. The molecule has 0 aliphatic carbocycles. The summed E-state index contributed by atoms with van der Waals surface area (Å²) in [7, 11) is 0. The maximum Gasteiger partial charge on any atom is 0.317 e. The maximum absolute atomic E-state index is 12.1. The molecule has 2 unspecified atom stereocenters. The average Bonchev–Trinajstić information content (AvgIpc) is 2.55. The van der Waals surface area contributed by atoms with Crippen molar-refractivity contribution in [2.75, 3.05) is 26.2 Å². The van der Waals surface area contributed by atoms with Crippen molar-refractivity contribution >= 4 is 6.03 Å². The second-order valence-electron chi connectivity index (χ2n) is 6.06. The lowest BCUT2D eigenvalue weighted by Crippen LogP contribution is -2.48. The number of hydrogen-bond donors (Lipinski definition) is 2. The Kier molecular flexibility index (Phi) is 6.07. The number of aliphatic hydroxyl groups is 1. The molecule has 22 heavy (non-hydrogen) atoms. The Morgan fingerprint density at radius 3 is 2.86 bits per heavy atom. The van der Waals surface area contributed by atoms with Gasteiger partial charge in [-0.05, 0) is 44.7 Å². The average molecular weight is 306 g/mol. The van der Waals surface area contributed by atoms with Gasteiger partial charge < -0.3 is 20.1 Å². The number of rotatable bonds is 5. The first-order valence-electron chi connectivity index (χ1n) is 7.95. The van der Waals surface area contributed by atoms with Gasteiger partial charge in [-0.3, -0.25) is 0 Å². The molecule has 1 saturated heterocycles. The van der Waals surface area contributed by atoms with Crippen LogP contribution >= 0.6 is 0 Å². The van der Waals surface area contributed by atoms with Crippen molar-refractivity contribution < 1.29 is 14.6 Å². The van der Waals surface area contributed by atoms with E-state index in [-0.39, 0.29) is 24.7 Å². The minimum Gasteiger partial charge on any atom is -0.489 e. The normalized spacial score (nSPS) is 19.6. The first kappa shape index (κ1) is 16.6. The third-order valence-corrected chi connectivity index (χ3v) is 3.96. The van der Waals surface area contributed by atoms with E-state index < -0.39 is 0 Å². The van der Waals surface area contributed by atoms with E-state index in [0.29, 0.717) is 13.1 Å².